The highest BCUT2D eigenvalue weighted by Crippen LogP contribution is 2.19. The van der Waals surface area contributed by atoms with Crippen molar-refractivity contribution in [2.24, 2.45) is 0 Å². The molecule has 2 N–H and O–H groups in total. The number of benzene rings is 1. The minimum absolute atomic E-state index is 0.0642. The average molecular weight is 332 g/mol. The molecular formula is C11H14BrN3O2S. The summed E-state index contributed by atoms with van der Waals surface area (Å²) >= 11 is 3.28. The molecule has 0 saturated heterocycles. The SMILES string of the molecule is CCS(=O)(=O)NCCNc1ccc(Br)cc1C#N. The summed E-state index contributed by atoms with van der Waals surface area (Å²) in [7, 11) is -3.16. The van der Waals surface area contributed by atoms with Crippen molar-refractivity contribution in [2.45, 2.75) is 6.92 Å². The zero-order valence-corrected chi connectivity index (χ0v) is 12.3. The second-order valence-corrected chi connectivity index (χ2v) is 6.54. The van der Waals surface area contributed by atoms with Crippen molar-refractivity contribution in [2.75, 3.05) is 24.2 Å². The van der Waals surface area contributed by atoms with Crippen LogP contribution in [0, 0.1) is 11.3 Å². The van der Waals surface area contributed by atoms with Crippen LogP contribution in [-0.2, 0) is 10.0 Å². The fraction of sp³-hybridized carbons (Fsp3) is 0.364. The Kier molecular flexibility index (Phi) is 5.59. The van der Waals surface area contributed by atoms with Crippen molar-refractivity contribution in [1.82, 2.24) is 4.72 Å². The van der Waals surface area contributed by atoms with Crippen molar-refractivity contribution in [1.29, 1.82) is 5.26 Å². The lowest BCUT2D eigenvalue weighted by Gasteiger charge is -2.09. The molecule has 18 heavy (non-hydrogen) atoms. The zero-order chi connectivity index (χ0) is 13.6. The zero-order valence-electron chi connectivity index (χ0n) is 9.90. The Labute approximate surface area is 115 Å². The van der Waals surface area contributed by atoms with Gasteiger partial charge < -0.3 is 5.32 Å². The number of halogens is 1. The molecule has 0 aliphatic carbocycles. The highest BCUT2D eigenvalue weighted by atomic mass is 79.9. The minimum atomic E-state index is -3.16. The van der Waals surface area contributed by atoms with E-state index in [0.29, 0.717) is 17.8 Å². The van der Waals surface area contributed by atoms with E-state index in [2.05, 4.69) is 32.0 Å². The monoisotopic (exact) mass is 331 g/mol. The van der Waals surface area contributed by atoms with E-state index in [1.54, 1.807) is 19.1 Å². The van der Waals surface area contributed by atoms with Gasteiger partial charge >= 0.3 is 0 Å². The molecule has 7 heteroatoms. The third-order valence-electron chi connectivity index (χ3n) is 2.24. The van der Waals surface area contributed by atoms with Gasteiger partial charge in [-0.2, -0.15) is 5.26 Å². The lowest BCUT2D eigenvalue weighted by molar-refractivity contribution is 0.584. The van der Waals surface area contributed by atoms with Crippen molar-refractivity contribution < 1.29 is 8.42 Å². The Balaban J connectivity index is 2.53. The maximum Gasteiger partial charge on any atom is 0.211 e. The molecule has 0 unspecified atom stereocenters. The molecule has 0 spiro atoms. The van der Waals surface area contributed by atoms with E-state index in [9.17, 15) is 8.42 Å². The van der Waals surface area contributed by atoms with Crippen LogP contribution in [0.15, 0.2) is 22.7 Å². The predicted molar refractivity (Wildman–Crippen MR) is 74.8 cm³/mol. The highest BCUT2D eigenvalue weighted by Gasteiger charge is 2.05. The van der Waals surface area contributed by atoms with Crippen LogP contribution < -0.4 is 10.0 Å². The summed E-state index contributed by atoms with van der Waals surface area (Å²) in [5.74, 6) is 0.0642. The number of anilines is 1. The van der Waals surface area contributed by atoms with Crippen molar-refractivity contribution in [3.05, 3.63) is 28.2 Å². The van der Waals surface area contributed by atoms with Crippen LogP contribution in [0.2, 0.25) is 0 Å². The first kappa shape index (κ1) is 15.0. The Hall–Kier alpha value is -1.10. The molecule has 0 aliphatic rings. The fourth-order valence-corrected chi connectivity index (χ4v) is 2.25. The first-order valence-electron chi connectivity index (χ1n) is 5.39. The summed E-state index contributed by atoms with van der Waals surface area (Å²) in [5.41, 5.74) is 1.21. The van der Waals surface area contributed by atoms with Crippen LogP contribution in [0.4, 0.5) is 5.69 Å². The normalized spacial score (nSPS) is 10.9. The van der Waals surface area contributed by atoms with Gasteiger partial charge in [-0.3, -0.25) is 0 Å². The number of sulfonamides is 1. The molecule has 0 aliphatic heterocycles. The number of rotatable bonds is 6. The molecule has 1 aromatic rings. The molecule has 0 aromatic heterocycles. The van der Waals surface area contributed by atoms with Gasteiger partial charge in [-0.15, -0.1) is 0 Å². The standard InChI is InChI=1S/C11H14BrN3O2S/c1-2-18(16,17)15-6-5-14-11-4-3-10(12)7-9(11)8-13/h3-4,7,14-15H,2,5-6H2,1H3. The summed E-state index contributed by atoms with van der Waals surface area (Å²) in [6.07, 6.45) is 0. The highest BCUT2D eigenvalue weighted by molar-refractivity contribution is 9.10. The maximum absolute atomic E-state index is 11.2. The molecule has 1 rings (SSSR count). The van der Waals surface area contributed by atoms with Gasteiger partial charge in [-0.05, 0) is 25.1 Å². The van der Waals surface area contributed by atoms with Crippen LogP contribution in [0.5, 0.6) is 0 Å². The van der Waals surface area contributed by atoms with E-state index in [1.807, 2.05) is 6.07 Å². The third-order valence-corrected chi connectivity index (χ3v) is 4.14. The van der Waals surface area contributed by atoms with Gasteiger partial charge in [0.1, 0.15) is 6.07 Å². The number of nitrogens with zero attached hydrogens (tertiary/aromatic N) is 1. The first-order valence-corrected chi connectivity index (χ1v) is 7.84. The van der Waals surface area contributed by atoms with Gasteiger partial charge in [0.05, 0.1) is 17.0 Å². The van der Waals surface area contributed by atoms with Crippen molar-refractivity contribution in [3.63, 3.8) is 0 Å². The van der Waals surface area contributed by atoms with Gasteiger partial charge in [0.15, 0.2) is 0 Å². The van der Waals surface area contributed by atoms with E-state index < -0.39 is 10.0 Å². The topological polar surface area (TPSA) is 82.0 Å². The Morgan fingerprint density at radius 3 is 2.72 bits per heavy atom. The van der Waals surface area contributed by atoms with E-state index in [0.717, 1.165) is 4.47 Å². The summed E-state index contributed by atoms with van der Waals surface area (Å²) in [4.78, 5) is 0. The fourth-order valence-electron chi connectivity index (χ4n) is 1.27. The van der Waals surface area contributed by atoms with E-state index >= 15 is 0 Å². The predicted octanol–water partition coefficient (Wildman–Crippen LogP) is 1.67. The molecule has 0 saturated carbocycles. The molecule has 98 valence electrons. The summed E-state index contributed by atoms with van der Waals surface area (Å²) in [6, 6.07) is 7.37. The quantitative estimate of drug-likeness (QED) is 0.777. The second-order valence-electron chi connectivity index (χ2n) is 3.53. The molecule has 0 bridgehead atoms. The molecular weight excluding hydrogens is 318 g/mol. The number of hydrogen-bond donors (Lipinski definition) is 2. The smallest absolute Gasteiger partial charge is 0.211 e. The van der Waals surface area contributed by atoms with Gasteiger partial charge in [0.2, 0.25) is 10.0 Å². The average Bonchev–Trinajstić information content (AvgIpc) is 2.36. The van der Waals surface area contributed by atoms with E-state index in [-0.39, 0.29) is 12.3 Å². The number of hydrogen-bond acceptors (Lipinski definition) is 4. The maximum atomic E-state index is 11.2. The molecule has 0 heterocycles. The Morgan fingerprint density at radius 2 is 2.11 bits per heavy atom. The molecule has 0 radical (unpaired) electrons. The Bertz CT molecular complexity index is 552. The lowest BCUT2D eigenvalue weighted by atomic mass is 10.2. The van der Waals surface area contributed by atoms with Crippen LogP contribution >= 0.6 is 15.9 Å². The molecule has 0 amide bonds. The van der Waals surface area contributed by atoms with Crippen molar-refractivity contribution in [3.8, 4) is 6.07 Å². The summed E-state index contributed by atoms with van der Waals surface area (Å²) < 4.78 is 25.6. The molecule has 5 nitrogen and oxygen atoms in total. The third kappa shape index (κ3) is 4.64. The molecule has 0 atom stereocenters. The van der Waals surface area contributed by atoms with E-state index in [4.69, 9.17) is 5.26 Å². The largest absolute Gasteiger partial charge is 0.383 e. The van der Waals surface area contributed by atoms with Gasteiger partial charge in [-0.25, -0.2) is 13.1 Å². The number of nitriles is 1. The summed E-state index contributed by atoms with van der Waals surface area (Å²) in [5, 5.41) is 12.0. The van der Waals surface area contributed by atoms with Gasteiger partial charge in [0.25, 0.3) is 0 Å². The Morgan fingerprint density at radius 1 is 1.39 bits per heavy atom. The van der Waals surface area contributed by atoms with Crippen LogP contribution in [0.25, 0.3) is 0 Å². The van der Waals surface area contributed by atoms with Gasteiger partial charge in [0, 0.05) is 17.6 Å². The first-order chi connectivity index (χ1) is 8.48. The number of nitrogens with one attached hydrogen (secondary N) is 2. The molecule has 1 aromatic carbocycles. The van der Waals surface area contributed by atoms with E-state index in [1.165, 1.54) is 0 Å². The van der Waals surface area contributed by atoms with Crippen LogP contribution in [0.1, 0.15) is 12.5 Å². The van der Waals surface area contributed by atoms with Gasteiger partial charge in [-0.1, -0.05) is 15.9 Å². The second kappa shape index (κ2) is 6.73. The lowest BCUT2D eigenvalue weighted by Crippen LogP contribution is -2.30. The van der Waals surface area contributed by atoms with Crippen molar-refractivity contribution >= 4 is 31.6 Å². The molecule has 0 fully saturated rings. The van der Waals surface area contributed by atoms with Crippen LogP contribution in [0.3, 0.4) is 0 Å². The summed E-state index contributed by atoms with van der Waals surface area (Å²) in [6.45, 7) is 2.30. The van der Waals surface area contributed by atoms with Crippen LogP contribution in [-0.4, -0.2) is 27.3 Å². The minimum Gasteiger partial charge on any atom is -0.383 e.